The molecule has 22 nitrogen and oxygen atoms in total. The molecule has 0 unspecified atom stereocenters. The molecule has 0 radical (unpaired) electrons. The second-order valence-corrected chi connectivity index (χ2v) is 13.4. The third-order valence-electron chi connectivity index (χ3n) is 9.01. The lowest BCUT2D eigenvalue weighted by Crippen LogP contribution is -2.60. The molecule has 1 aliphatic rings. The number of guanidine groups is 1. The van der Waals surface area contributed by atoms with Crippen LogP contribution >= 0.6 is 0 Å². The normalized spacial score (nSPS) is 24.0. The number of aliphatic carboxylic acids is 2. The molecule has 2 aromatic rings. The lowest BCUT2D eigenvalue weighted by molar-refractivity contribution is -0.144. The Morgan fingerprint density at radius 2 is 1.42 bits per heavy atom. The molecule has 1 saturated heterocycles. The number of hydrogen-bond donors (Lipinski definition) is 13. The minimum absolute atomic E-state index is 0.0310. The van der Waals surface area contributed by atoms with Crippen molar-refractivity contribution in [3.05, 3.63) is 36.0 Å². The molecule has 2 heterocycles. The van der Waals surface area contributed by atoms with E-state index in [1.54, 1.807) is 30.5 Å². The number of carbonyl (C=O) groups excluding carboxylic acids is 6. The average Bonchev–Trinajstić information content (AvgIpc) is 3.57. The minimum Gasteiger partial charge on any atom is -0.481 e. The van der Waals surface area contributed by atoms with Gasteiger partial charge in [0, 0.05) is 43.0 Å². The maximum absolute atomic E-state index is 14.0. The van der Waals surface area contributed by atoms with E-state index < -0.39 is 96.7 Å². The van der Waals surface area contributed by atoms with Crippen molar-refractivity contribution in [2.24, 2.45) is 22.2 Å². The molecule has 0 aliphatic carbocycles. The Morgan fingerprint density at radius 3 is 2.11 bits per heavy atom. The number of carboxylic acid groups (broad SMARTS) is 2. The van der Waals surface area contributed by atoms with E-state index in [1.807, 2.05) is 0 Å². The van der Waals surface area contributed by atoms with Crippen molar-refractivity contribution in [3.63, 3.8) is 0 Å². The summed E-state index contributed by atoms with van der Waals surface area (Å²) in [6, 6.07) is -2.08. The van der Waals surface area contributed by atoms with E-state index in [1.165, 1.54) is 0 Å². The summed E-state index contributed by atoms with van der Waals surface area (Å²) in [5, 5.41) is 44.6. The summed E-state index contributed by atoms with van der Waals surface area (Å²) in [6.07, 6.45) is 0.509. The molecule has 0 saturated carbocycles. The molecule has 0 bridgehead atoms. The predicted molar refractivity (Wildman–Crippen MR) is 203 cm³/mol. The maximum atomic E-state index is 14.0. The smallest absolute Gasteiger partial charge is 0.326 e. The number of carbonyl (C=O) groups is 8. The Labute approximate surface area is 326 Å². The van der Waals surface area contributed by atoms with Gasteiger partial charge in [0.15, 0.2) is 5.96 Å². The van der Waals surface area contributed by atoms with Crippen LogP contribution in [-0.2, 0) is 44.8 Å². The Morgan fingerprint density at radius 1 is 0.789 bits per heavy atom. The summed E-state index contributed by atoms with van der Waals surface area (Å²) < 4.78 is 0. The van der Waals surface area contributed by atoms with Crippen LogP contribution in [0.3, 0.4) is 0 Å². The fourth-order valence-electron chi connectivity index (χ4n) is 5.92. The zero-order valence-electron chi connectivity index (χ0n) is 31.1. The third kappa shape index (κ3) is 14.7. The SMILES string of the molecule is NC(N)=NCCC[C@@H]1NC(=O)[C@H](CO)NC(=O)[C@H](N)CCCCNC(=O)CC[C@H](C(=O)O)NC(=O)[C@H](CC(=O)O)NC(=O)[C@H](Cc2c[nH]c3ccccc23)NC1=O. The minimum atomic E-state index is -1.84. The first kappa shape index (κ1) is 45.1. The van der Waals surface area contributed by atoms with Gasteiger partial charge in [-0.1, -0.05) is 18.2 Å². The number of aliphatic imine (C=N–C) groups is 1. The number of fused-ring (bicyclic) bond motifs is 1. The average molecular weight is 802 g/mol. The van der Waals surface area contributed by atoms with Crippen molar-refractivity contribution >= 4 is 64.2 Å². The predicted octanol–water partition coefficient (Wildman–Crippen LogP) is -3.85. The van der Waals surface area contributed by atoms with Crippen molar-refractivity contribution in [1.82, 2.24) is 36.9 Å². The van der Waals surface area contributed by atoms with Gasteiger partial charge in [-0.15, -0.1) is 0 Å². The molecule has 1 aromatic heterocycles. The molecule has 6 amide bonds. The fourth-order valence-corrected chi connectivity index (χ4v) is 5.92. The molecule has 16 N–H and O–H groups in total. The monoisotopic (exact) mass is 801 g/mol. The number of aliphatic hydroxyl groups excluding tert-OH is 1. The molecule has 1 aliphatic heterocycles. The molecular formula is C35H51N11O11. The van der Waals surface area contributed by atoms with Crippen molar-refractivity contribution in [2.75, 3.05) is 19.7 Å². The first-order valence-electron chi connectivity index (χ1n) is 18.3. The first-order chi connectivity index (χ1) is 27.1. The number of nitrogens with one attached hydrogen (secondary N) is 7. The highest BCUT2D eigenvalue weighted by Gasteiger charge is 2.34. The Kier molecular flexibility index (Phi) is 17.7. The molecule has 57 heavy (non-hydrogen) atoms. The Balaban J connectivity index is 2.03. The van der Waals surface area contributed by atoms with Crippen LogP contribution in [0.5, 0.6) is 0 Å². The van der Waals surface area contributed by atoms with Crippen LogP contribution in [0.25, 0.3) is 10.9 Å². The van der Waals surface area contributed by atoms with Gasteiger partial charge in [0.1, 0.15) is 30.2 Å². The van der Waals surface area contributed by atoms with Gasteiger partial charge in [-0.3, -0.25) is 38.6 Å². The number of nitrogens with two attached hydrogens (primary N) is 3. The van der Waals surface area contributed by atoms with E-state index >= 15 is 0 Å². The Bertz CT molecular complexity index is 1800. The zero-order valence-corrected chi connectivity index (χ0v) is 31.1. The van der Waals surface area contributed by atoms with Crippen molar-refractivity contribution in [2.45, 2.75) is 94.0 Å². The molecular weight excluding hydrogens is 750 g/mol. The van der Waals surface area contributed by atoms with Gasteiger partial charge < -0.3 is 69.4 Å². The fraction of sp³-hybridized carbons (Fsp3) is 0.514. The van der Waals surface area contributed by atoms with E-state index in [2.05, 4.69) is 41.9 Å². The van der Waals surface area contributed by atoms with Gasteiger partial charge >= 0.3 is 11.9 Å². The summed E-state index contributed by atoms with van der Waals surface area (Å²) in [5.74, 6) is -8.72. The van der Waals surface area contributed by atoms with Crippen LogP contribution in [-0.4, -0.2) is 130 Å². The number of H-pyrrole nitrogens is 1. The van der Waals surface area contributed by atoms with Gasteiger partial charge in [0.2, 0.25) is 35.4 Å². The van der Waals surface area contributed by atoms with Gasteiger partial charge in [0.05, 0.1) is 19.1 Å². The third-order valence-corrected chi connectivity index (χ3v) is 9.01. The molecule has 312 valence electrons. The van der Waals surface area contributed by atoms with E-state index in [-0.39, 0.29) is 57.6 Å². The quantitative estimate of drug-likeness (QED) is 0.0622. The largest absolute Gasteiger partial charge is 0.481 e. The van der Waals surface area contributed by atoms with Gasteiger partial charge in [-0.25, -0.2) is 4.79 Å². The summed E-state index contributed by atoms with van der Waals surface area (Å²) in [6.45, 7) is -0.707. The van der Waals surface area contributed by atoms with Crippen LogP contribution in [0.2, 0.25) is 0 Å². The summed E-state index contributed by atoms with van der Waals surface area (Å²) in [5.41, 5.74) is 18.1. The molecule has 6 atom stereocenters. The lowest BCUT2D eigenvalue weighted by Gasteiger charge is -2.26. The number of para-hydroxylation sites is 1. The second kappa shape index (κ2) is 22.3. The van der Waals surface area contributed by atoms with E-state index in [4.69, 9.17) is 17.2 Å². The number of aromatic amines is 1. The van der Waals surface area contributed by atoms with Crippen LogP contribution in [0.1, 0.15) is 56.9 Å². The molecule has 1 aromatic carbocycles. The topological polar surface area (TPSA) is 376 Å². The highest BCUT2D eigenvalue weighted by molar-refractivity contribution is 5.98. The van der Waals surface area contributed by atoms with Crippen molar-refractivity contribution in [1.29, 1.82) is 0 Å². The van der Waals surface area contributed by atoms with E-state index in [9.17, 15) is 53.7 Å². The summed E-state index contributed by atoms with van der Waals surface area (Å²) in [4.78, 5) is 111. The maximum Gasteiger partial charge on any atom is 0.326 e. The first-order valence-corrected chi connectivity index (χ1v) is 18.3. The van der Waals surface area contributed by atoms with Gasteiger partial charge in [-0.2, -0.15) is 0 Å². The van der Waals surface area contributed by atoms with Gasteiger partial charge in [0.25, 0.3) is 0 Å². The standard InChI is InChI=1S/C35H51N11O11/c36-20-7-3-4-12-39-27(48)11-10-23(34(56)57)43-32(54)25(15-28(49)50)45-31(53)24(14-18-16-41-21-8-2-1-6-19(18)21)44-30(52)22(9-5-13-40-35(37)38)42-33(55)26(17-47)46-29(20)51/h1-2,6,8,16,20,22-26,41,47H,3-5,7,9-15,17,36H2,(H,39,48)(H,42,55)(H,43,54)(H,44,52)(H,45,53)(H,46,51)(H,49,50)(H,56,57)(H4,37,38,40)/t20-,22+,23-,24+,25+,26+/m1/s1. The number of carboxylic acids is 2. The van der Waals surface area contributed by atoms with Crippen LogP contribution in [0, 0.1) is 0 Å². The molecule has 3 rings (SSSR count). The summed E-state index contributed by atoms with van der Waals surface area (Å²) >= 11 is 0. The van der Waals surface area contributed by atoms with Crippen LogP contribution in [0.4, 0.5) is 0 Å². The number of amides is 6. The van der Waals surface area contributed by atoms with E-state index in [0.29, 0.717) is 29.3 Å². The van der Waals surface area contributed by atoms with E-state index in [0.717, 1.165) is 0 Å². The number of benzene rings is 1. The molecule has 1 fully saturated rings. The van der Waals surface area contributed by atoms with Crippen molar-refractivity contribution < 1.29 is 53.7 Å². The van der Waals surface area contributed by atoms with Crippen LogP contribution < -0.4 is 49.1 Å². The second-order valence-electron chi connectivity index (χ2n) is 13.4. The number of hydrogen-bond acceptors (Lipinski definition) is 11. The number of aliphatic hydroxyl groups is 1. The Hall–Kier alpha value is -6.29. The number of nitrogens with zero attached hydrogens (tertiary/aromatic N) is 1. The molecule has 0 spiro atoms. The number of rotatable bonds is 10. The highest BCUT2D eigenvalue weighted by Crippen LogP contribution is 2.19. The highest BCUT2D eigenvalue weighted by atomic mass is 16.4. The number of aromatic nitrogens is 1. The lowest BCUT2D eigenvalue weighted by atomic mass is 10.0. The van der Waals surface area contributed by atoms with Gasteiger partial charge in [-0.05, 0) is 50.2 Å². The summed E-state index contributed by atoms with van der Waals surface area (Å²) in [7, 11) is 0. The van der Waals surface area contributed by atoms with Crippen LogP contribution in [0.15, 0.2) is 35.5 Å². The zero-order chi connectivity index (χ0) is 42.1. The molecule has 22 heteroatoms. The van der Waals surface area contributed by atoms with Crippen molar-refractivity contribution in [3.8, 4) is 0 Å².